The molecule has 21 heavy (non-hydrogen) atoms. The van der Waals surface area contributed by atoms with E-state index in [9.17, 15) is 14.9 Å². The lowest BCUT2D eigenvalue weighted by Gasteiger charge is -2.00. The molecule has 0 atom stereocenters. The smallest absolute Gasteiger partial charge is 0.270 e. The largest absolute Gasteiger partial charge is 0.302 e. The van der Waals surface area contributed by atoms with Crippen molar-refractivity contribution < 1.29 is 9.72 Å². The summed E-state index contributed by atoms with van der Waals surface area (Å²) in [6.45, 7) is 2.02. The van der Waals surface area contributed by atoms with Crippen molar-refractivity contribution in [2.45, 2.75) is 26.2 Å². The van der Waals surface area contributed by atoms with Crippen LogP contribution in [0.25, 0.3) is 11.3 Å². The van der Waals surface area contributed by atoms with E-state index in [2.05, 4.69) is 10.3 Å². The van der Waals surface area contributed by atoms with Gasteiger partial charge >= 0.3 is 0 Å². The Morgan fingerprint density at radius 1 is 1.48 bits per heavy atom. The van der Waals surface area contributed by atoms with Gasteiger partial charge in [0.25, 0.3) is 5.69 Å². The summed E-state index contributed by atoms with van der Waals surface area (Å²) in [4.78, 5) is 26.2. The highest BCUT2D eigenvalue weighted by atomic mass is 32.1. The van der Waals surface area contributed by atoms with E-state index in [0.29, 0.717) is 22.8 Å². The minimum Gasteiger partial charge on any atom is -0.302 e. The van der Waals surface area contributed by atoms with E-state index < -0.39 is 4.92 Å². The van der Waals surface area contributed by atoms with Crippen molar-refractivity contribution in [1.82, 2.24) is 4.98 Å². The van der Waals surface area contributed by atoms with Gasteiger partial charge in [-0.05, 0) is 6.42 Å². The Balaban J connectivity index is 2.11. The summed E-state index contributed by atoms with van der Waals surface area (Å²) >= 11 is 1.31. The molecule has 0 radical (unpaired) electrons. The molecule has 0 fully saturated rings. The first-order chi connectivity index (χ1) is 10.1. The van der Waals surface area contributed by atoms with Gasteiger partial charge in [0.1, 0.15) is 0 Å². The summed E-state index contributed by atoms with van der Waals surface area (Å²) in [7, 11) is 0. The van der Waals surface area contributed by atoms with Crippen LogP contribution in [-0.2, 0) is 4.79 Å². The van der Waals surface area contributed by atoms with Crippen LogP contribution in [0.3, 0.4) is 0 Å². The number of carbonyl (C=O) groups excluding carboxylic acids is 1. The molecule has 1 aromatic heterocycles. The molecule has 0 aliphatic heterocycles. The van der Waals surface area contributed by atoms with Crippen molar-refractivity contribution in [3.63, 3.8) is 0 Å². The highest BCUT2D eigenvalue weighted by Gasteiger charge is 2.11. The second-order valence-corrected chi connectivity index (χ2v) is 5.36. The van der Waals surface area contributed by atoms with Crippen LogP contribution in [0.15, 0.2) is 29.6 Å². The van der Waals surface area contributed by atoms with Gasteiger partial charge in [-0.1, -0.05) is 25.5 Å². The summed E-state index contributed by atoms with van der Waals surface area (Å²) < 4.78 is 0. The maximum atomic E-state index is 11.6. The SMILES string of the molecule is CCCCC(=O)Nc1nc(-c2cccc([N+](=O)[O-])c2)cs1. The Morgan fingerprint density at radius 3 is 3.00 bits per heavy atom. The molecule has 1 heterocycles. The average molecular weight is 305 g/mol. The lowest BCUT2D eigenvalue weighted by atomic mass is 10.1. The number of hydrogen-bond acceptors (Lipinski definition) is 5. The summed E-state index contributed by atoms with van der Waals surface area (Å²) in [6, 6.07) is 6.28. The van der Waals surface area contributed by atoms with Crippen LogP contribution in [0, 0.1) is 10.1 Å². The minimum absolute atomic E-state index is 0.0223. The van der Waals surface area contributed by atoms with Crippen molar-refractivity contribution in [3.05, 3.63) is 39.8 Å². The van der Waals surface area contributed by atoms with Crippen LogP contribution in [0.4, 0.5) is 10.8 Å². The lowest BCUT2D eigenvalue weighted by molar-refractivity contribution is -0.384. The summed E-state index contributed by atoms with van der Waals surface area (Å²) in [5.74, 6) is -0.0585. The molecule has 0 saturated heterocycles. The van der Waals surface area contributed by atoms with Crippen LogP contribution in [0.2, 0.25) is 0 Å². The number of hydrogen-bond donors (Lipinski definition) is 1. The molecule has 0 bridgehead atoms. The number of carbonyl (C=O) groups is 1. The van der Waals surface area contributed by atoms with Crippen LogP contribution in [0.5, 0.6) is 0 Å². The highest BCUT2D eigenvalue weighted by Crippen LogP contribution is 2.27. The number of nitro groups is 1. The number of benzene rings is 1. The molecule has 110 valence electrons. The Hall–Kier alpha value is -2.28. The maximum absolute atomic E-state index is 11.6. The number of thiazole rings is 1. The molecule has 0 saturated carbocycles. The van der Waals surface area contributed by atoms with Gasteiger partial charge in [0.15, 0.2) is 5.13 Å². The van der Waals surface area contributed by atoms with Crippen molar-refractivity contribution in [2.75, 3.05) is 5.32 Å². The van der Waals surface area contributed by atoms with E-state index in [1.165, 1.54) is 23.5 Å². The minimum atomic E-state index is -0.441. The van der Waals surface area contributed by atoms with E-state index in [4.69, 9.17) is 0 Å². The number of aromatic nitrogens is 1. The van der Waals surface area contributed by atoms with Crippen molar-refractivity contribution in [2.24, 2.45) is 0 Å². The fraction of sp³-hybridized carbons (Fsp3) is 0.286. The summed E-state index contributed by atoms with van der Waals surface area (Å²) in [5.41, 5.74) is 1.30. The van der Waals surface area contributed by atoms with Crippen molar-refractivity contribution in [1.29, 1.82) is 0 Å². The zero-order valence-electron chi connectivity index (χ0n) is 11.5. The van der Waals surface area contributed by atoms with E-state index in [-0.39, 0.29) is 11.6 Å². The standard InChI is InChI=1S/C14H15N3O3S/c1-2-3-7-13(18)16-14-15-12(9-21-14)10-5-4-6-11(8-10)17(19)20/h4-6,8-9H,2-3,7H2,1H3,(H,15,16,18). The number of nitro benzene ring substituents is 1. The predicted octanol–water partition coefficient (Wildman–Crippen LogP) is 3.85. The van der Waals surface area contributed by atoms with E-state index in [0.717, 1.165) is 12.8 Å². The van der Waals surface area contributed by atoms with Gasteiger partial charge in [0.05, 0.1) is 10.6 Å². The number of nitrogens with one attached hydrogen (secondary N) is 1. The second-order valence-electron chi connectivity index (χ2n) is 4.50. The molecule has 1 N–H and O–H groups in total. The van der Waals surface area contributed by atoms with Gasteiger partial charge in [-0.25, -0.2) is 4.98 Å². The normalized spacial score (nSPS) is 10.3. The number of anilines is 1. The quantitative estimate of drug-likeness (QED) is 0.649. The molecule has 0 unspecified atom stereocenters. The zero-order valence-corrected chi connectivity index (χ0v) is 12.4. The first-order valence-corrected chi connectivity index (χ1v) is 7.48. The molecule has 0 aliphatic carbocycles. The fourth-order valence-corrected chi connectivity index (χ4v) is 2.50. The Morgan fingerprint density at radius 2 is 2.29 bits per heavy atom. The van der Waals surface area contributed by atoms with Crippen LogP contribution in [0.1, 0.15) is 26.2 Å². The first-order valence-electron chi connectivity index (χ1n) is 6.60. The first kappa shape index (κ1) is 15.1. The molecular formula is C14H15N3O3S. The Bertz CT molecular complexity index is 654. The predicted molar refractivity (Wildman–Crippen MR) is 82.4 cm³/mol. The molecule has 0 aliphatic rings. The van der Waals surface area contributed by atoms with Crippen LogP contribution < -0.4 is 5.32 Å². The van der Waals surface area contributed by atoms with E-state index >= 15 is 0 Å². The second kappa shape index (κ2) is 6.94. The van der Waals surface area contributed by atoms with Gasteiger partial charge in [0, 0.05) is 29.5 Å². The van der Waals surface area contributed by atoms with E-state index in [1.54, 1.807) is 17.5 Å². The Kier molecular flexibility index (Phi) is 4.99. The van der Waals surface area contributed by atoms with Crippen LogP contribution in [-0.4, -0.2) is 15.8 Å². The summed E-state index contributed by atoms with van der Waals surface area (Å²) in [6.07, 6.45) is 2.28. The number of amides is 1. The van der Waals surface area contributed by atoms with Gasteiger partial charge in [-0.2, -0.15) is 0 Å². The average Bonchev–Trinajstić information content (AvgIpc) is 2.93. The number of unbranched alkanes of at least 4 members (excludes halogenated alkanes) is 1. The van der Waals surface area contributed by atoms with Gasteiger partial charge in [0.2, 0.25) is 5.91 Å². The summed E-state index contributed by atoms with van der Waals surface area (Å²) in [5, 5.41) is 15.8. The van der Waals surface area contributed by atoms with Crippen LogP contribution >= 0.6 is 11.3 Å². The van der Waals surface area contributed by atoms with Gasteiger partial charge < -0.3 is 5.32 Å². The third kappa shape index (κ3) is 4.09. The maximum Gasteiger partial charge on any atom is 0.270 e. The number of rotatable bonds is 6. The molecular weight excluding hydrogens is 290 g/mol. The van der Waals surface area contributed by atoms with Crippen molar-refractivity contribution in [3.8, 4) is 11.3 Å². The van der Waals surface area contributed by atoms with Crippen molar-refractivity contribution >= 4 is 28.1 Å². The number of non-ortho nitro benzene ring substituents is 1. The monoisotopic (exact) mass is 305 g/mol. The molecule has 6 nitrogen and oxygen atoms in total. The zero-order chi connectivity index (χ0) is 15.2. The van der Waals surface area contributed by atoms with Gasteiger partial charge in [-0.3, -0.25) is 14.9 Å². The molecule has 0 spiro atoms. The molecule has 2 rings (SSSR count). The topological polar surface area (TPSA) is 85.1 Å². The van der Waals surface area contributed by atoms with Gasteiger partial charge in [-0.15, -0.1) is 11.3 Å². The molecule has 1 aromatic carbocycles. The molecule has 2 aromatic rings. The fourth-order valence-electron chi connectivity index (χ4n) is 1.76. The highest BCUT2D eigenvalue weighted by molar-refractivity contribution is 7.14. The third-order valence-electron chi connectivity index (χ3n) is 2.86. The van der Waals surface area contributed by atoms with E-state index in [1.807, 2.05) is 6.92 Å². The third-order valence-corrected chi connectivity index (χ3v) is 3.62. The lowest BCUT2D eigenvalue weighted by Crippen LogP contribution is -2.10. The molecule has 1 amide bonds. The Labute approximate surface area is 126 Å². The molecule has 7 heteroatoms. The number of nitrogens with zero attached hydrogens (tertiary/aromatic N) is 2.